The predicted octanol–water partition coefficient (Wildman–Crippen LogP) is 21.0. The van der Waals surface area contributed by atoms with Crippen molar-refractivity contribution in [2.24, 2.45) is 0 Å². The van der Waals surface area contributed by atoms with Crippen LogP contribution >= 0.6 is 0 Å². The molecule has 0 rings (SSSR count). The van der Waals surface area contributed by atoms with E-state index in [1.807, 2.05) is 0 Å². The van der Waals surface area contributed by atoms with Crippen molar-refractivity contribution in [2.45, 2.75) is 379 Å². The zero-order valence-electron chi connectivity index (χ0n) is 49.4. The van der Waals surface area contributed by atoms with Gasteiger partial charge in [0.1, 0.15) is 0 Å². The van der Waals surface area contributed by atoms with Crippen LogP contribution < -0.4 is 5.32 Å². The molecule has 0 aromatic rings. The second-order valence-corrected chi connectivity index (χ2v) is 22.8. The molecule has 0 heterocycles. The molecule has 0 aliphatic rings. The lowest BCUT2D eigenvalue weighted by Crippen LogP contribution is -2.45. The van der Waals surface area contributed by atoms with E-state index in [1.165, 1.54) is 283 Å². The number of hydrogen-bond donors (Lipinski definition) is 3. The molecular formula is C67H129NO5. The molecule has 6 nitrogen and oxygen atoms in total. The van der Waals surface area contributed by atoms with E-state index in [4.69, 9.17) is 4.74 Å². The summed E-state index contributed by atoms with van der Waals surface area (Å²) in [6, 6.07) is -0.535. The zero-order valence-corrected chi connectivity index (χ0v) is 49.4. The Bertz CT molecular complexity index is 1140. The Morgan fingerprint density at radius 2 is 0.699 bits per heavy atom. The number of carbonyl (C=O) groups is 2. The van der Waals surface area contributed by atoms with Gasteiger partial charge >= 0.3 is 5.97 Å². The van der Waals surface area contributed by atoms with E-state index in [2.05, 4.69) is 43.5 Å². The third kappa shape index (κ3) is 59.4. The lowest BCUT2D eigenvalue weighted by Gasteiger charge is -2.22. The molecule has 0 bridgehead atoms. The minimum Gasteiger partial charge on any atom is -0.466 e. The lowest BCUT2D eigenvalue weighted by molar-refractivity contribution is -0.143. The molecular weight excluding hydrogens is 899 g/mol. The lowest BCUT2D eigenvalue weighted by atomic mass is 10.0. The first kappa shape index (κ1) is 71.3. The number of aliphatic hydroxyl groups excluding tert-OH is 2. The predicted molar refractivity (Wildman–Crippen MR) is 320 cm³/mol. The van der Waals surface area contributed by atoms with Crippen molar-refractivity contribution in [3.63, 3.8) is 0 Å². The second kappa shape index (κ2) is 62.9. The van der Waals surface area contributed by atoms with Crippen LogP contribution in [-0.4, -0.2) is 47.4 Å². The van der Waals surface area contributed by atoms with Crippen LogP contribution in [0.2, 0.25) is 0 Å². The molecule has 432 valence electrons. The zero-order chi connectivity index (χ0) is 52.9. The molecule has 6 heteroatoms. The molecule has 0 aromatic heterocycles. The van der Waals surface area contributed by atoms with E-state index in [1.54, 1.807) is 0 Å². The molecule has 0 radical (unpaired) electrons. The van der Waals surface area contributed by atoms with E-state index < -0.39 is 12.1 Å². The number of ether oxygens (including phenoxy) is 1. The highest BCUT2D eigenvalue weighted by molar-refractivity contribution is 5.76. The Morgan fingerprint density at radius 1 is 0.384 bits per heavy atom. The van der Waals surface area contributed by atoms with Crippen LogP contribution in [0.3, 0.4) is 0 Å². The van der Waals surface area contributed by atoms with E-state index >= 15 is 0 Å². The largest absolute Gasteiger partial charge is 0.466 e. The maximum atomic E-state index is 12.4. The minimum atomic E-state index is -0.658. The summed E-state index contributed by atoms with van der Waals surface area (Å²) < 4.78 is 5.48. The number of amides is 1. The minimum absolute atomic E-state index is 0.00675. The Morgan fingerprint density at radius 3 is 1.08 bits per heavy atom. The van der Waals surface area contributed by atoms with Gasteiger partial charge in [0.2, 0.25) is 5.91 Å². The fraction of sp³-hybridized carbons (Fsp3) is 0.910. The molecule has 1 amide bonds. The van der Waals surface area contributed by atoms with Crippen LogP contribution in [0.25, 0.3) is 0 Å². The Labute approximate surface area is 456 Å². The van der Waals surface area contributed by atoms with Gasteiger partial charge in [-0.25, -0.2) is 0 Å². The van der Waals surface area contributed by atoms with Crippen LogP contribution in [0.4, 0.5) is 0 Å². The van der Waals surface area contributed by atoms with Gasteiger partial charge in [0.25, 0.3) is 0 Å². The van der Waals surface area contributed by atoms with E-state index in [0.29, 0.717) is 25.9 Å². The van der Waals surface area contributed by atoms with Gasteiger partial charge in [-0.15, -0.1) is 0 Å². The van der Waals surface area contributed by atoms with Gasteiger partial charge in [-0.05, 0) is 51.4 Å². The van der Waals surface area contributed by atoms with Gasteiger partial charge in [-0.2, -0.15) is 0 Å². The fourth-order valence-corrected chi connectivity index (χ4v) is 10.4. The SMILES string of the molecule is CCCC/C=C\C/C=C\CCCCCCCC(=O)OCCCCCCCCCCCCCCCCCCCCCCCCCCCCCCCCCCC(=O)NC(CO)C(O)CCCCCCCCCCCC. The first-order valence-electron chi connectivity index (χ1n) is 33.1. The van der Waals surface area contributed by atoms with Crippen LogP contribution in [0.5, 0.6) is 0 Å². The van der Waals surface area contributed by atoms with Crippen molar-refractivity contribution < 1.29 is 24.5 Å². The van der Waals surface area contributed by atoms with Gasteiger partial charge in [0.15, 0.2) is 0 Å². The van der Waals surface area contributed by atoms with Crippen LogP contribution in [-0.2, 0) is 14.3 Å². The van der Waals surface area contributed by atoms with Crippen LogP contribution in [0.1, 0.15) is 367 Å². The number of allylic oxidation sites excluding steroid dienone is 4. The highest BCUT2D eigenvalue weighted by Gasteiger charge is 2.20. The molecule has 0 aliphatic heterocycles. The average Bonchev–Trinajstić information content (AvgIpc) is 3.39. The maximum Gasteiger partial charge on any atom is 0.305 e. The van der Waals surface area contributed by atoms with Gasteiger partial charge < -0.3 is 20.3 Å². The number of nitrogens with one attached hydrogen (secondary N) is 1. The molecule has 3 N–H and O–H groups in total. The molecule has 0 aromatic carbocycles. The summed E-state index contributed by atoms with van der Waals surface area (Å²) in [4.78, 5) is 24.5. The Kier molecular flexibility index (Phi) is 61.4. The van der Waals surface area contributed by atoms with Crippen LogP contribution in [0.15, 0.2) is 24.3 Å². The summed E-state index contributed by atoms with van der Waals surface area (Å²) in [5, 5.41) is 23.2. The molecule has 73 heavy (non-hydrogen) atoms. The smallest absolute Gasteiger partial charge is 0.305 e. The highest BCUT2D eigenvalue weighted by atomic mass is 16.5. The summed E-state index contributed by atoms with van der Waals surface area (Å²) in [5.41, 5.74) is 0. The molecule has 0 aliphatic carbocycles. The van der Waals surface area contributed by atoms with Crippen molar-refractivity contribution in [1.82, 2.24) is 5.32 Å². The maximum absolute atomic E-state index is 12.4. The average molecular weight is 1030 g/mol. The molecule has 2 atom stereocenters. The molecule has 0 saturated carbocycles. The normalized spacial score (nSPS) is 12.7. The van der Waals surface area contributed by atoms with Crippen molar-refractivity contribution in [2.75, 3.05) is 13.2 Å². The molecule has 2 unspecified atom stereocenters. The van der Waals surface area contributed by atoms with Crippen molar-refractivity contribution >= 4 is 11.9 Å². The molecule has 0 saturated heterocycles. The van der Waals surface area contributed by atoms with E-state index in [9.17, 15) is 19.8 Å². The number of esters is 1. The number of carbonyl (C=O) groups excluding carboxylic acids is 2. The third-order valence-corrected chi connectivity index (χ3v) is 15.5. The topological polar surface area (TPSA) is 95.9 Å². The van der Waals surface area contributed by atoms with E-state index in [0.717, 1.165) is 51.4 Å². The standard InChI is InChI=1S/C67H129NO5/c1-3-5-7-9-11-13-15-16-38-41-45-49-53-57-61-67(72)73-62-58-54-50-46-42-39-36-34-32-30-28-26-24-22-20-18-17-19-21-23-25-27-29-31-33-35-37-40-44-48-52-56-60-66(71)68-64(63-69)65(70)59-55-51-47-43-14-12-10-8-6-4-2/h9,11,15-16,64-65,69-70H,3-8,10,12-14,17-63H2,1-2H3,(H,68,71)/b11-9-,16-15-. The molecule has 0 fully saturated rings. The summed E-state index contributed by atoms with van der Waals surface area (Å²) in [5.74, 6) is -0.0239. The van der Waals surface area contributed by atoms with E-state index in [-0.39, 0.29) is 18.5 Å². The fourth-order valence-electron chi connectivity index (χ4n) is 10.4. The number of hydrogen-bond acceptors (Lipinski definition) is 5. The second-order valence-electron chi connectivity index (χ2n) is 22.8. The van der Waals surface area contributed by atoms with Gasteiger partial charge in [-0.1, -0.05) is 327 Å². The monoisotopic (exact) mass is 1030 g/mol. The van der Waals surface area contributed by atoms with Gasteiger partial charge in [0.05, 0.1) is 25.4 Å². The highest BCUT2D eigenvalue weighted by Crippen LogP contribution is 2.19. The Hall–Kier alpha value is -1.66. The van der Waals surface area contributed by atoms with Crippen molar-refractivity contribution in [3.8, 4) is 0 Å². The summed E-state index contributed by atoms with van der Waals surface area (Å²) >= 11 is 0. The first-order valence-corrected chi connectivity index (χ1v) is 33.1. The number of rotatable bonds is 62. The summed E-state index contributed by atoms with van der Waals surface area (Å²) in [7, 11) is 0. The van der Waals surface area contributed by atoms with Gasteiger partial charge in [-0.3, -0.25) is 9.59 Å². The first-order chi connectivity index (χ1) is 36.0. The van der Waals surface area contributed by atoms with Gasteiger partial charge in [0, 0.05) is 12.8 Å². The third-order valence-electron chi connectivity index (χ3n) is 15.5. The van der Waals surface area contributed by atoms with Crippen molar-refractivity contribution in [1.29, 1.82) is 0 Å². The number of aliphatic hydroxyl groups is 2. The van der Waals surface area contributed by atoms with Crippen molar-refractivity contribution in [3.05, 3.63) is 24.3 Å². The quantitative estimate of drug-likeness (QED) is 0.0320. The molecule has 0 spiro atoms. The van der Waals surface area contributed by atoms with Crippen LogP contribution in [0, 0.1) is 0 Å². The summed E-state index contributed by atoms with van der Waals surface area (Å²) in [6.45, 7) is 4.92. The Balaban J connectivity index is 3.29. The number of unbranched alkanes of at least 4 members (excludes halogenated alkanes) is 47. The summed E-state index contributed by atoms with van der Waals surface area (Å²) in [6.07, 6.45) is 78.0.